The lowest BCUT2D eigenvalue weighted by molar-refractivity contribution is 0.693. The summed E-state index contributed by atoms with van der Waals surface area (Å²) in [7, 11) is 0. The van der Waals surface area contributed by atoms with Crippen LogP contribution in [0.5, 0.6) is 0 Å². The Labute approximate surface area is 179 Å². The predicted octanol–water partition coefficient (Wildman–Crippen LogP) is 3.64. The summed E-state index contributed by atoms with van der Waals surface area (Å²) in [4.78, 5) is 13.4. The maximum atomic E-state index is 5.85. The Balaban J connectivity index is 1.40. The molecule has 0 fully saturated rings. The van der Waals surface area contributed by atoms with Crippen LogP contribution in [-0.4, -0.2) is 29.1 Å². The van der Waals surface area contributed by atoms with E-state index in [-0.39, 0.29) is 0 Å². The standard InChI is InChI=1S/C23H24N8/c1-14-8-21(24)28-16(3)18(14)9-26-23-19-13-31(29-20(19)6-7-25-23)12-17-4-5-22-27-15(2)10-30(22)11-17/h4-8,10-11,13H,9,12H2,1-3H3,(H2,24,28)(H,25,26). The molecule has 0 unspecified atom stereocenters. The topological polar surface area (TPSA) is 99.0 Å². The number of fused-ring (bicyclic) bond motifs is 2. The Kier molecular flexibility index (Phi) is 4.54. The molecule has 5 heterocycles. The Morgan fingerprint density at radius 3 is 2.74 bits per heavy atom. The highest BCUT2D eigenvalue weighted by atomic mass is 15.3. The predicted molar refractivity (Wildman–Crippen MR) is 122 cm³/mol. The molecule has 0 amide bonds. The number of nitrogen functional groups attached to an aromatic ring is 1. The van der Waals surface area contributed by atoms with Crippen molar-refractivity contribution in [2.75, 3.05) is 11.1 Å². The second-order valence-corrected chi connectivity index (χ2v) is 7.89. The van der Waals surface area contributed by atoms with Crippen molar-refractivity contribution in [3.8, 4) is 0 Å². The summed E-state index contributed by atoms with van der Waals surface area (Å²) < 4.78 is 4.00. The van der Waals surface area contributed by atoms with E-state index in [4.69, 9.17) is 10.8 Å². The largest absolute Gasteiger partial charge is 0.384 e. The van der Waals surface area contributed by atoms with Crippen LogP contribution in [0.4, 0.5) is 11.6 Å². The van der Waals surface area contributed by atoms with Crippen molar-refractivity contribution in [3.63, 3.8) is 0 Å². The molecule has 0 saturated carbocycles. The van der Waals surface area contributed by atoms with Gasteiger partial charge in [0.15, 0.2) is 0 Å². The number of rotatable bonds is 5. The third-order valence-electron chi connectivity index (χ3n) is 5.47. The van der Waals surface area contributed by atoms with Crippen LogP contribution in [0.25, 0.3) is 16.6 Å². The molecule has 0 aliphatic heterocycles. The number of aromatic nitrogens is 6. The molecule has 5 rings (SSSR count). The van der Waals surface area contributed by atoms with E-state index in [2.05, 4.69) is 32.5 Å². The van der Waals surface area contributed by atoms with E-state index in [1.807, 2.05) is 60.4 Å². The number of nitrogens with one attached hydrogen (secondary N) is 1. The molecule has 0 aliphatic carbocycles. The first-order valence-electron chi connectivity index (χ1n) is 10.2. The van der Waals surface area contributed by atoms with Crippen LogP contribution in [0.3, 0.4) is 0 Å². The molecule has 8 heteroatoms. The van der Waals surface area contributed by atoms with Gasteiger partial charge in [-0.1, -0.05) is 6.07 Å². The van der Waals surface area contributed by atoms with Gasteiger partial charge in [0.2, 0.25) is 0 Å². The second-order valence-electron chi connectivity index (χ2n) is 7.89. The van der Waals surface area contributed by atoms with E-state index < -0.39 is 0 Å². The third kappa shape index (κ3) is 3.68. The first-order chi connectivity index (χ1) is 15.0. The highest BCUT2D eigenvalue weighted by Crippen LogP contribution is 2.22. The van der Waals surface area contributed by atoms with Crippen LogP contribution >= 0.6 is 0 Å². The van der Waals surface area contributed by atoms with E-state index in [1.165, 1.54) is 0 Å². The molecule has 0 atom stereocenters. The molecular weight excluding hydrogens is 388 g/mol. The van der Waals surface area contributed by atoms with E-state index in [1.54, 1.807) is 6.20 Å². The normalized spacial score (nSPS) is 11.5. The van der Waals surface area contributed by atoms with Crippen molar-refractivity contribution in [2.45, 2.75) is 33.9 Å². The monoisotopic (exact) mass is 412 g/mol. The highest BCUT2D eigenvalue weighted by molar-refractivity contribution is 5.88. The van der Waals surface area contributed by atoms with Gasteiger partial charge in [-0.05, 0) is 55.7 Å². The lowest BCUT2D eigenvalue weighted by Gasteiger charge is -2.12. The molecule has 0 bridgehead atoms. The molecule has 5 aromatic heterocycles. The van der Waals surface area contributed by atoms with Crippen molar-refractivity contribution >= 4 is 28.2 Å². The lowest BCUT2D eigenvalue weighted by Crippen LogP contribution is -2.07. The molecule has 31 heavy (non-hydrogen) atoms. The highest BCUT2D eigenvalue weighted by Gasteiger charge is 2.10. The van der Waals surface area contributed by atoms with Crippen molar-refractivity contribution in [1.29, 1.82) is 0 Å². The average Bonchev–Trinajstić information content (AvgIpc) is 3.29. The fourth-order valence-electron chi connectivity index (χ4n) is 3.99. The SMILES string of the molecule is Cc1cn2cc(Cn3cc4c(NCc5c(C)cc(N)nc5C)nccc4n3)ccc2n1. The first kappa shape index (κ1) is 19.0. The molecule has 0 aliphatic rings. The van der Waals surface area contributed by atoms with Crippen LogP contribution in [0.1, 0.15) is 28.1 Å². The number of aryl methyl sites for hydroxylation is 3. The molecule has 3 N–H and O–H groups in total. The van der Waals surface area contributed by atoms with Gasteiger partial charge in [-0.3, -0.25) is 4.68 Å². The molecule has 0 radical (unpaired) electrons. The van der Waals surface area contributed by atoms with Gasteiger partial charge in [-0.15, -0.1) is 0 Å². The molecule has 0 aromatic carbocycles. The summed E-state index contributed by atoms with van der Waals surface area (Å²) in [5, 5.41) is 9.18. The van der Waals surface area contributed by atoms with Gasteiger partial charge in [0.05, 0.1) is 23.1 Å². The number of nitrogens with two attached hydrogens (primary N) is 1. The quantitative estimate of drug-likeness (QED) is 0.457. The Morgan fingerprint density at radius 1 is 1.03 bits per heavy atom. The van der Waals surface area contributed by atoms with Crippen LogP contribution < -0.4 is 11.1 Å². The molecule has 5 aromatic rings. The van der Waals surface area contributed by atoms with Crippen molar-refractivity contribution in [2.24, 2.45) is 0 Å². The molecule has 8 nitrogen and oxygen atoms in total. The van der Waals surface area contributed by atoms with Gasteiger partial charge in [0.25, 0.3) is 0 Å². The molecular formula is C23H24N8. The fraction of sp³-hybridized carbons (Fsp3) is 0.217. The summed E-state index contributed by atoms with van der Waals surface area (Å²) in [6.07, 6.45) is 7.94. The number of hydrogen-bond donors (Lipinski definition) is 2. The van der Waals surface area contributed by atoms with Gasteiger partial charge in [0.1, 0.15) is 17.3 Å². The zero-order valence-electron chi connectivity index (χ0n) is 17.8. The Hall–Kier alpha value is -3.94. The van der Waals surface area contributed by atoms with E-state index in [9.17, 15) is 0 Å². The van der Waals surface area contributed by atoms with E-state index >= 15 is 0 Å². The zero-order chi connectivity index (χ0) is 21.5. The Morgan fingerprint density at radius 2 is 1.90 bits per heavy atom. The van der Waals surface area contributed by atoms with Gasteiger partial charge in [-0.2, -0.15) is 5.10 Å². The fourth-order valence-corrected chi connectivity index (χ4v) is 3.99. The van der Waals surface area contributed by atoms with Gasteiger partial charge in [-0.25, -0.2) is 15.0 Å². The minimum Gasteiger partial charge on any atom is -0.384 e. The smallest absolute Gasteiger partial charge is 0.137 e. The summed E-state index contributed by atoms with van der Waals surface area (Å²) in [5.74, 6) is 1.35. The minimum atomic E-state index is 0.546. The number of imidazole rings is 1. The first-order valence-corrected chi connectivity index (χ1v) is 10.2. The number of nitrogens with zero attached hydrogens (tertiary/aromatic N) is 6. The van der Waals surface area contributed by atoms with Gasteiger partial charge in [0, 0.05) is 37.0 Å². The lowest BCUT2D eigenvalue weighted by atomic mass is 10.1. The minimum absolute atomic E-state index is 0.546. The zero-order valence-corrected chi connectivity index (χ0v) is 17.8. The van der Waals surface area contributed by atoms with Gasteiger partial charge >= 0.3 is 0 Å². The van der Waals surface area contributed by atoms with Gasteiger partial charge < -0.3 is 15.5 Å². The second kappa shape index (κ2) is 7.39. The van der Waals surface area contributed by atoms with Crippen molar-refractivity contribution < 1.29 is 0 Å². The third-order valence-corrected chi connectivity index (χ3v) is 5.47. The van der Waals surface area contributed by atoms with Crippen LogP contribution in [-0.2, 0) is 13.1 Å². The van der Waals surface area contributed by atoms with Crippen molar-refractivity contribution in [3.05, 3.63) is 77.1 Å². The van der Waals surface area contributed by atoms with E-state index in [0.717, 1.165) is 50.4 Å². The van der Waals surface area contributed by atoms with E-state index in [0.29, 0.717) is 18.9 Å². The maximum Gasteiger partial charge on any atom is 0.137 e. The molecule has 156 valence electrons. The number of pyridine rings is 3. The maximum absolute atomic E-state index is 5.85. The van der Waals surface area contributed by atoms with Crippen LogP contribution in [0.15, 0.2) is 49.1 Å². The summed E-state index contributed by atoms with van der Waals surface area (Å²) in [6, 6.07) is 7.95. The summed E-state index contributed by atoms with van der Waals surface area (Å²) in [5.41, 5.74) is 13.0. The van der Waals surface area contributed by atoms with Crippen LogP contribution in [0.2, 0.25) is 0 Å². The van der Waals surface area contributed by atoms with Crippen LogP contribution in [0, 0.1) is 20.8 Å². The Bertz CT molecular complexity index is 1390. The molecule has 0 spiro atoms. The average molecular weight is 413 g/mol. The number of hydrogen-bond acceptors (Lipinski definition) is 6. The number of anilines is 2. The summed E-state index contributed by atoms with van der Waals surface area (Å²) >= 11 is 0. The van der Waals surface area contributed by atoms with Crippen molar-refractivity contribution in [1.82, 2.24) is 29.1 Å². The summed E-state index contributed by atoms with van der Waals surface area (Å²) in [6.45, 7) is 7.32. The molecule has 0 saturated heterocycles.